The summed E-state index contributed by atoms with van der Waals surface area (Å²) in [5.74, 6) is -1.48. The molecule has 0 radical (unpaired) electrons. The zero-order valence-corrected chi connectivity index (χ0v) is 11.4. The van der Waals surface area contributed by atoms with Crippen molar-refractivity contribution < 1.29 is 19.4 Å². The Labute approximate surface area is 119 Å². The summed E-state index contributed by atoms with van der Waals surface area (Å²) in [6.45, 7) is 0. The Balaban J connectivity index is 2.33. The predicted octanol–water partition coefficient (Wildman–Crippen LogP) is 2.72. The molecule has 0 aliphatic carbocycles. The van der Waals surface area contributed by atoms with Crippen molar-refractivity contribution in [2.24, 2.45) is 0 Å². The summed E-state index contributed by atoms with van der Waals surface area (Å²) in [6, 6.07) is 9.69. The van der Waals surface area contributed by atoms with E-state index in [-0.39, 0.29) is 5.56 Å². The number of methoxy groups -OCH3 is 1. The van der Waals surface area contributed by atoms with Crippen LogP contribution in [0.2, 0.25) is 0 Å². The molecule has 0 bridgehead atoms. The second-order valence-electron chi connectivity index (χ2n) is 3.78. The molecule has 0 atom stereocenters. The van der Waals surface area contributed by atoms with Crippen LogP contribution in [0.1, 0.15) is 20.7 Å². The Morgan fingerprint density at radius 2 is 2.05 bits per heavy atom. The molecule has 0 amide bonds. The lowest BCUT2D eigenvalue weighted by atomic mass is 10.2. The number of hydrogen-bond acceptors (Lipinski definition) is 5. The van der Waals surface area contributed by atoms with Gasteiger partial charge in [0.15, 0.2) is 0 Å². The van der Waals surface area contributed by atoms with E-state index in [2.05, 4.69) is 4.98 Å². The van der Waals surface area contributed by atoms with Crippen LogP contribution < -0.4 is 0 Å². The minimum absolute atomic E-state index is 0.186. The van der Waals surface area contributed by atoms with Crippen molar-refractivity contribution in [1.29, 1.82) is 0 Å². The zero-order chi connectivity index (χ0) is 14.5. The number of carboxylic acids is 1. The third-order valence-corrected chi connectivity index (χ3v) is 3.48. The van der Waals surface area contributed by atoms with Crippen molar-refractivity contribution in [2.75, 3.05) is 7.11 Å². The summed E-state index contributed by atoms with van der Waals surface area (Å²) in [5, 5.41) is 9.43. The number of benzene rings is 1. The summed E-state index contributed by atoms with van der Waals surface area (Å²) in [6.07, 6.45) is 1.57. The molecule has 0 fully saturated rings. The molecule has 0 saturated heterocycles. The number of esters is 1. The first-order valence-electron chi connectivity index (χ1n) is 5.66. The van der Waals surface area contributed by atoms with Crippen LogP contribution in [0, 0.1) is 0 Å². The van der Waals surface area contributed by atoms with Crippen LogP contribution in [-0.2, 0) is 4.74 Å². The average Bonchev–Trinajstić information content (AvgIpc) is 2.47. The van der Waals surface area contributed by atoms with Gasteiger partial charge in [-0.25, -0.2) is 14.6 Å². The highest BCUT2D eigenvalue weighted by atomic mass is 32.2. The van der Waals surface area contributed by atoms with Crippen molar-refractivity contribution in [3.05, 3.63) is 53.7 Å². The lowest BCUT2D eigenvalue weighted by Gasteiger charge is -2.06. The molecule has 0 spiro atoms. The molecular weight excluding hydrogens is 278 g/mol. The number of carbonyl (C=O) groups is 2. The Kier molecular flexibility index (Phi) is 4.37. The molecule has 0 saturated carbocycles. The van der Waals surface area contributed by atoms with Crippen molar-refractivity contribution in [3.8, 4) is 0 Å². The Hall–Kier alpha value is -2.34. The van der Waals surface area contributed by atoms with E-state index in [0.717, 1.165) is 0 Å². The van der Waals surface area contributed by atoms with Gasteiger partial charge in [-0.1, -0.05) is 17.8 Å². The monoisotopic (exact) mass is 289 g/mol. The number of rotatable bonds is 4. The zero-order valence-electron chi connectivity index (χ0n) is 10.6. The number of aromatic nitrogens is 1. The Morgan fingerprint density at radius 1 is 1.25 bits per heavy atom. The summed E-state index contributed by atoms with van der Waals surface area (Å²) >= 11 is 1.21. The standard InChI is InChI=1S/C14H11NO4S/c1-19-14(18)11-6-3-7-15-12(11)20-10-5-2-4-9(8-10)13(16)17/h2-8H,1H3,(H,16,17). The smallest absolute Gasteiger partial charge is 0.340 e. The highest BCUT2D eigenvalue weighted by Crippen LogP contribution is 2.29. The number of carbonyl (C=O) groups excluding carboxylic acids is 1. The SMILES string of the molecule is COC(=O)c1cccnc1Sc1cccc(C(=O)O)c1. The normalized spacial score (nSPS) is 10.1. The van der Waals surface area contributed by atoms with Gasteiger partial charge in [0.05, 0.1) is 18.2 Å². The fourth-order valence-corrected chi connectivity index (χ4v) is 2.47. The van der Waals surface area contributed by atoms with Crippen LogP contribution in [0.5, 0.6) is 0 Å². The van der Waals surface area contributed by atoms with Gasteiger partial charge in [0, 0.05) is 11.1 Å². The first kappa shape index (κ1) is 14.1. The third-order valence-electron chi connectivity index (χ3n) is 2.47. The lowest BCUT2D eigenvalue weighted by Crippen LogP contribution is -2.04. The topological polar surface area (TPSA) is 76.5 Å². The maximum atomic E-state index is 11.6. The van der Waals surface area contributed by atoms with Gasteiger partial charge in [0.2, 0.25) is 0 Å². The van der Waals surface area contributed by atoms with E-state index in [1.165, 1.54) is 31.0 Å². The summed E-state index contributed by atoms with van der Waals surface area (Å²) in [4.78, 5) is 27.4. The van der Waals surface area contributed by atoms with Gasteiger partial charge in [-0.3, -0.25) is 0 Å². The molecule has 102 valence electrons. The number of aromatic carboxylic acids is 1. The molecule has 1 N–H and O–H groups in total. The number of pyridine rings is 1. The van der Waals surface area contributed by atoms with Gasteiger partial charge in [-0.2, -0.15) is 0 Å². The van der Waals surface area contributed by atoms with Crippen molar-refractivity contribution in [3.63, 3.8) is 0 Å². The van der Waals surface area contributed by atoms with E-state index in [1.54, 1.807) is 30.5 Å². The summed E-state index contributed by atoms with van der Waals surface area (Å²) in [5.41, 5.74) is 0.534. The van der Waals surface area contributed by atoms with Gasteiger partial charge in [0.1, 0.15) is 5.03 Å². The van der Waals surface area contributed by atoms with Crippen molar-refractivity contribution in [1.82, 2.24) is 4.98 Å². The van der Waals surface area contributed by atoms with Gasteiger partial charge in [-0.15, -0.1) is 0 Å². The van der Waals surface area contributed by atoms with E-state index >= 15 is 0 Å². The molecule has 0 unspecified atom stereocenters. The Morgan fingerprint density at radius 3 is 2.75 bits per heavy atom. The van der Waals surface area contributed by atoms with Gasteiger partial charge < -0.3 is 9.84 Å². The minimum Gasteiger partial charge on any atom is -0.478 e. The molecular formula is C14H11NO4S. The Bertz CT molecular complexity index is 657. The number of carboxylic acid groups (broad SMARTS) is 1. The van der Waals surface area contributed by atoms with Crippen LogP contribution in [0.25, 0.3) is 0 Å². The first-order chi connectivity index (χ1) is 9.61. The van der Waals surface area contributed by atoms with Crippen molar-refractivity contribution in [2.45, 2.75) is 9.92 Å². The van der Waals surface area contributed by atoms with E-state index in [1.807, 2.05) is 0 Å². The van der Waals surface area contributed by atoms with Crippen LogP contribution in [-0.4, -0.2) is 29.1 Å². The molecule has 6 heteroatoms. The van der Waals surface area contributed by atoms with Crippen LogP contribution >= 0.6 is 11.8 Å². The molecule has 1 heterocycles. The highest BCUT2D eigenvalue weighted by molar-refractivity contribution is 7.99. The molecule has 5 nitrogen and oxygen atoms in total. The summed E-state index contributed by atoms with van der Waals surface area (Å²) < 4.78 is 4.69. The average molecular weight is 289 g/mol. The first-order valence-corrected chi connectivity index (χ1v) is 6.48. The fourth-order valence-electron chi connectivity index (χ4n) is 1.54. The summed E-state index contributed by atoms with van der Waals surface area (Å²) in [7, 11) is 1.30. The van der Waals surface area contributed by atoms with Gasteiger partial charge >= 0.3 is 11.9 Å². The van der Waals surface area contributed by atoms with E-state index in [0.29, 0.717) is 15.5 Å². The largest absolute Gasteiger partial charge is 0.478 e. The maximum absolute atomic E-state index is 11.6. The molecule has 0 aliphatic rings. The highest BCUT2D eigenvalue weighted by Gasteiger charge is 2.14. The van der Waals surface area contributed by atoms with Crippen LogP contribution in [0.15, 0.2) is 52.5 Å². The second-order valence-corrected chi connectivity index (χ2v) is 4.84. The number of ether oxygens (including phenoxy) is 1. The predicted molar refractivity (Wildman–Crippen MR) is 73.1 cm³/mol. The molecule has 2 aromatic rings. The molecule has 1 aromatic heterocycles. The quantitative estimate of drug-likeness (QED) is 0.872. The van der Waals surface area contributed by atoms with Gasteiger partial charge in [0.25, 0.3) is 0 Å². The molecule has 0 aliphatic heterocycles. The van der Waals surface area contributed by atoms with Crippen LogP contribution in [0.3, 0.4) is 0 Å². The van der Waals surface area contributed by atoms with E-state index in [9.17, 15) is 9.59 Å². The molecule has 1 aromatic carbocycles. The van der Waals surface area contributed by atoms with Crippen molar-refractivity contribution >= 4 is 23.7 Å². The molecule has 2 rings (SSSR count). The lowest BCUT2D eigenvalue weighted by molar-refractivity contribution is 0.0595. The third kappa shape index (κ3) is 3.16. The van der Waals surface area contributed by atoms with E-state index < -0.39 is 11.9 Å². The van der Waals surface area contributed by atoms with Gasteiger partial charge in [-0.05, 0) is 30.3 Å². The second kappa shape index (κ2) is 6.21. The number of nitrogens with zero attached hydrogens (tertiary/aromatic N) is 1. The van der Waals surface area contributed by atoms with Crippen LogP contribution in [0.4, 0.5) is 0 Å². The van der Waals surface area contributed by atoms with E-state index in [4.69, 9.17) is 9.84 Å². The molecule has 20 heavy (non-hydrogen) atoms. The number of hydrogen-bond donors (Lipinski definition) is 1. The fraction of sp³-hybridized carbons (Fsp3) is 0.0714. The minimum atomic E-state index is -0.998. The maximum Gasteiger partial charge on any atom is 0.340 e.